The Balaban J connectivity index is 1.69. The topological polar surface area (TPSA) is 55.1 Å². The second-order valence-corrected chi connectivity index (χ2v) is 6.79. The number of imidazole rings is 1. The Bertz CT molecular complexity index is 1000. The third-order valence-electron chi connectivity index (χ3n) is 4.12. The van der Waals surface area contributed by atoms with Gasteiger partial charge in [0.1, 0.15) is 5.69 Å². The van der Waals surface area contributed by atoms with Gasteiger partial charge in [0.05, 0.1) is 11.4 Å². The summed E-state index contributed by atoms with van der Waals surface area (Å²) in [5.41, 5.74) is 3.95. The normalized spacial score (nSPS) is 14.2. The fraction of sp³-hybridized carbons (Fsp3) is 0.167. The van der Waals surface area contributed by atoms with Crippen LogP contribution >= 0.6 is 11.3 Å². The van der Waals surface area contributed by atoms with Crippen molar-refractivity contribution in [3.05, 3.63) is 54.2 Å². The predicted octanol–water partition coefficient (Wildman–Crippen LogP) is 4.09. The molecule has 118 valence electrons. The molecule has 1 N–H and O–H groups in total. The van der Waals surface area contributed by atoms with Gasteiger partial charge >= 0.3 is 0 Å². The molecule has 0 aliphatic heterocycles. The smallest absolute Gasteiger partial charge is 0.223 e. The number of aromatic nitrogens is 4. The molecule has 0 amide bonds. The lowest BCUT2D eigenvalue weighted by molar-refractivity contribution is 1.05. The van der Waals surface area contributed by atoms with E-state index in [9.17, 15) is 0 Å². The van der Waals surface area contributed by atoms with E-state index in [1.807, 2.05) is 42.0 Å². The molecule has 0 radical (unpaired) electrons. The second-order valence-electron chi connectivity index (χ2n) is 5.91. The zero-order valence-electron chi connectivity index (χ0n) is 12.9. The van der Waals surface area contributed by atoms with Crippen LogP contribution in [0.1, 0.15) is 12.8 Å². The zero-order valence-corrected chi connectivity index (χ0v) is 13.7. The summed E-state index contributed by atoms with van der Waals surface area (Å²) in [5, 5.41) is 5.42. The fourth-order valence-electron chi connectivity index (χ4n) is 2.80. The third kappa shape index (κ3) is 2.35. The monoisotopic (exact) mass is 333 g/mol. The molecule has 0 bridgehead atoms. The second kappa shape index (κ2) is 5.42. The lowest BCUT2D eigenvalue weighted by Gasteiger charge is -2.07. The molecule has 1 aliphatic rings. The highest BCUT2D eigenvalue weighted by molar-refractivity contribution is 7.15. The number of rotatable bonds is 4. The highest BCUT2D eigenvalue weighted by Crippen LogP contribution is 2.33. The molecular formula is C18H15N5S. The standard InChI is InChI=1S/C18H15N5S/c1-2-4-12(5-3-1)15-16(23-10-11-24-18(23)22-15)14-8-9-19-17(21-14)20-13-6-7-13/h1-5,8-11,13H,6-7H2,(H,19,20,21). The molecule has 6 heteroatoms. The molecule has 1 fully saturated rings. The number of fused-ring (bicyclic) bond motifs is 1. The Hall–Kier alpha value is -2.73. The summed E-state index contributed by atoms with van der Waals surface area (Å²) in [7, 11) is 0. The van der Waals surface area contributed by atoms with Crippen LogP contribution in [0.4, 0.5) is 5.95 Å². The maximum Gasteiger partial charge on any atom is 0.223 e. The molecule has 1 aliphatic carbocycles. The first-order chi connectivity index (χ1) is 11.9. The van der Waals surface area contributed by atoms with Gasteiger partial charge < -0.3 is 5.32 Å². The number of nitrogens with zero attached hydrogens (tertiary/aromatic N) is 4. The first-order valence-corrected chi connectivity index (χ1v) is 8.87. The molecule has 24 heavy (non-hydrogen) atoms. The number of benzene rings is 1. The Morgan fingerprint density at radius 2 is 1.96 bits per heavy atom. The summed E-state index contributed by atoms with van der Waals surface area (Å²) in [6.07, 6.45) is 6.26. The molecule has 5 rings (SSSR count). The number of anilines is 1. The molecule has 1 saturated carbocycles. The summed E-state index contributed by atoms with van der Waals surface area (Å²) in [6, 6.07) is 12.7. The van der Waals surface area contributed by atoms with Crippen LogP contribution in [0, 0.1) is 0 Å². The van der Waals surface area contributed by atoms with E-state index in [1.54, 1.807) is 11.3 Å². The van der Waals surface area contributed by atoms with E-state index < -0.39 is 0 Å². The molecule has 1 aromatic carbocycles. The van der Waals surface area contributed by atoms with Crippen LogP contribution in [-0.4, -0.2) is 25.4 Å². The van der Waals surface area contributed by atoms with Crippen LogP contribution in [-0.2, 0) is 0 Å². The third-order valence-corrected chi connectivity index (χ3v) is 4.87. The average Bonchev–Trinajstić information content (AvgIpc) is 3.18. The van der Waals surface area contributed by atoms with E-state index in [1.165, 1.54) is 12.8 Å². The fourth-order valence-corrected chi connectivity index (χ4v) is 3.51. The Kier molecular flexibility index (Phi) is 3.09. The zero-order chi connectivity index (χ0) is 15.9. The summed E-state index contributed by atoms with van der Waals surface area (Å²) in [4.78, 5) is 14.9. The number of thiazole rings is 1. The van der Waals surface area contributed by atoms with E-state index in [0.29, 0.717) is 12.0 Å². The van der Waals surface area contributed by atoms with E-state index in [0.717, 1.165) is 27.6 Å². The van der Waals surface area contributed by atoms with Crippen molar-refractivity contribution in [3.8, 4) is 22.6 Å². The Morgan fingerprint density at radius 1 is 1.08 bits per heavy atom. The molecular weight excluding hydrogens is 318 g/mol. The van der Waals surface area contributed by atoms with Gasteiger partial charge in [-0.3, -0.25) is 4.40 Å². The lowest BCUT2D eigenvalue weighted by atomic mass is 10.1. The molecule has 4 aromatic rings. The summed E-state index contributed by atoms with van der Waals surface area (Å²) in [5.74, 6) is 0.694. The van der Waals surface area contributed by atoms with Crippen molar-refractivity contribution in [1.82, 2.24) is 19.4 Å². The van der Waals surface area contributed by atoms with E-state index in [2.05, 4.69) is 26.8 Å². The molecule has 0 spiro atoms. The average molecular weight is 333 g/mol. The van der Waals surface area contributed by atoms with E-state index in [-0.39, 0.29) is 0 Å². The van der Waals surface area contributed by atoms with Crippen molar-refractivity contribution < 1.29 is 0 Å². The Labute approximate surface area is 143 Å². The van der Waals surface area contributed by atoms with Gasteiger partial charge in [0.2, 0.25) is 5.95 Å². The van der Waals surface area contributed by atoms with Gasteiger partial charge in [0.15, 0.2) is 4.96 Å². The minimum absolute atomic E-state index is 0.528. The summed E-state index contributed by atoms with van der Waals surface area (Å²) >= 11 is 1.63. The van der Waals surface area contributed by atoms with Crippen LogP contribution in [0.15, 0.2) is 54.2 Å². The van der Waals surface area contributed by atoms with Gasteiger partial charge in [-0.2, -0.15) is 0 Å². The van der Waals surface area contributed by atoms with E-state index >= 15 is 0 Å². The maximum atomic E-state index is 4.82. The van der Waals surface area contributed by atoms with Crippen LogP contribution in [0.25, 0.3) is 27.6 Å². The number of hydrogen-bond donors (Lipinski definition) is 1. The molecule has 0 unspecified atom stereocenters. The molecule has 0 atom stereocenters. The molecule has 0 saturated heterocycles. The molecule has 3 heterocycles. The highest BCUT2D eigenvalue weighted by Gasteiger charge is 2.23. The van der Waals surface area contributed by atoms with Crippen molar-refractivity contribution in [2.24, 2.45) is 0 Å². The van der Waals surface area contributed by atoms with Gasteiger partial charge in [-0.15, -0.1) is 11.3 Å². The SMILES string of the molecule is c1ccc(-c2nc3sccn3c2-c2ccnc(NC3CC3)n2)cc1. The summed E-state index contributed by atoms with van der Waals surface area (Å²) < 4.78 is 2.11. The quantitative estimate of drug-likeness (QED) is 0.611. The van der Waals surface area contributed by atoms with Gasteiger partial charge in [-0.1, -0.05) is 30.3 Å². The van der Waals surface area contributed by atoms with Gasteiger partial charge in [-0.05, 0) is 18.9 Å². The lowest BCUT2D eigenvalue weighted by Crippen LogP contribution is -2.05. The largest absolute Gasteiger partial charge is 0.351 e. The minimum atomic E-state index is 0.528. The van der Waals surface area contributed by atoms with Gasteiger partial charge in [-0.25, -0.2) is 15.0 Å². The predicted molar refractivity (Wildman–Crippen MR) is 96.2 cm³/mol. The first-order valence-electron chi connectivity index (χ1n) is 7.99. The van der Waals surface area contributed by atoms with Crippen LogP contribution in [0.5, 0.6) is 0 Å². The summed E-state index contributed by atoms with van der Waals surface area (Å²) in [6.45, 7) is 0. The Morgan fingerprint density at radius 3 is 2.79 bits per heavy atom. The first kappa shape index (κ1) is 13.7. The van der Waals surface area contributed by atoms with E-state index in [4.69, 9.17) is 9.97 Å². The van der Waals surface area contributed by atoms with Crippen molar-refractivity contribution in [3.63, 3.8) is 0 Å². The molecule has 3 aromatic heterocycles. The van der Waals surface area contributed by atoms with Crippen molar-refractivity contribution >= 4 is 22.2 Å². The number of hydrogen-bond acceptors (Lipinski definition) is 5. The van der Waals surface area contributed by atoms with Gasteiger partial charge in [0, 0.05) is 29.4 Å². The van der Waals surface area contributed by atoms with Crippen LogP contribution in [0.3, 0.4) is 0 Å². The maximum absolute atomic E-state index is 4.82. The van der Waals surface area contributed by atoms with Crippen LogP contribution in [0.2, 0.25) is 0 Å². The minimum Gasteiger partial charge on any atom is -0.351 e. The van der Waals surface area contributed by atoms with Crippen molar-refractivity contribution in [2.75, 3.05) is 5.32 Å². The van der Waals surface area contributed by atoms with Crippen LogP contribution < -0.4 is 5.32 Å². The number of nitrogens with one attached hydrogen (secondary N) is 1. The van der Waals surface area contributed by atoms with Crippen molar-refractivity contribution in [2.45, 2.75) is 18.9 Å². The van der Waals surface area contributed by atoms with Crippen molar-refractivity contribution in [1.29, 1.82) is 0 Å². The van der Waals surface area contributed by atoms with Gasteiger partial charge in [0.25, 0.3) is 0 Å². The highest BCUT2D eigenvalue weighted by atomic mass is 32.1. The molecule has 5 nitrogen and oxygen atoms in total.